The summed E-state index contributed by atoms with van der Waals surface area (Å²) in [5.41, 5.74) is 6.72. The first-order valence-electron chi connectivity index (χ1n) is 14.6. The molecule has 4 aromatic carbocycles. The Labute approximate surface area is 258 Å². The first kappa shape index (κ1) is 25.2. The van der Waals surface area contributed by atoms with E-state index in [1.165, 1.54) is 20.9 Å². The van der Waals surface area contributed by atoms with E-state index in [2.05, 4.69) is 65.7 Å². The molecule has 4 heterocycles. The van der Waals surface area contributed by atoms with Gasteiger partial charge in [0.15, 0.2) is 17.5 Å². The molecule has 3 aromatic heterocycles. The maximum Gasteiger partial charge on any atom is 0.228 e. The number of benzene rings is 4. The lowest BCUT2D eigenvalue weighted by atomic mass is 9.79. The lowest BCUT2D eigenvalue weighted by molar-refractivity contribution is 0.651. The van der Waals surface area contributed by atoms with E-state index in [0.29, 0.717) is 29.1 Å². The van der Waals surface area contributed by atoms with Crippen molar-refractivity contribution in [1.82, 2.24) is 19.9 Å². The number of thioether (sulfide) groups is 1. The van der Waals surface area contributed by atoms with Crippen molar-refractivity contribution >= 4 is 33.8 Å². The summed E-state index contributed by atoms with van der Waals surface area (Å²) in [5.74, 6) is 2.37. The van der Waals surface area contributed by atoms with Crippen LogP contribution in [0.4, 0.5) is 0 Å². The SMILES string of the molecule is C1=CC(c2ccc3c(c2)oc2nccc(-c4nc(-c5ccccc5)nc(-c5ccccc5)n4)c23)C2C(=C1)Sc1ccccc12. The van der Waals surface area contributed by atoms with E-state index in [0.717, 1.165) is 33.0 Å². The Kier molecular flexibility index (Phi) is 5.81. The van der Waals surface area contributed by atoms with Gasteiger partial charge in [-0.05, 0) is 34.2 Å². The predicted molar refractivity (Wildman–Crippen MR) is 176 cm³/mol. The molecule has 2 unspecified atom stereocenters. The van der Waals surface area contributed by atoms with Crippen molar-refractivity contribution in [1.29, 1.82) is 0 Å². The van der Waals surface area contributed by atoms with Crippen LogP contribution in [-0.2, 0) is 0 Å². The Bertz CT molecular complexity index is 2220. The van der Waals surface area contributed by atoms with Gasteiger partial charge in [-0.2, -0.15) is 0 Å². The van der Waals surface area contributed by atoms with Gasteiger partial charge in [-0.3, -0.25) is 0 Å². The lowest BCUT2D eigenvalue weighted by Gasteiger charge is -2.25. The number of rotatable bonds is 4. The summed E-state index contributed by atoms with van der Waals surface area (Å²) in [6, 6.07) is 37.3. The first-order chi connectivity index (χ1) is 21.8. The number of pyridine rings is 1. The fourth-order valence-corrected chi connectivity index (χ4v) is 7.66. The predicted octanol–water partition coefficient (Wildman–Crippen LogP) is 9.59. The molecule has 0 amide bonds. The Balaban J connectivity index is 1.19. The smallest absolute Gasteiger partial charge is 0.228 e. The quantitative estimate of drug-likeness (QED) is 0.205. The third-order valence-electron chi connectivity index (χ3n) is 8.45. The van der Waals surface area contributed by atoms with Gasteiger partial charge in [-0.15, -0.1) is 0 Å². The van der Waals surface area contributed by atoms with Gasteiger partial charge in [0.05, 0.1) is 5.39 Å². The molecule has 0 bridgehead atoms. The van der Waals surface area contributed by atoms with Crippen molar-refractivity contribution in [2.75, 3.05) is 0 Å². The summed E-state index contributed by atoms with van der Waals surface area (Å²) in [7, 11) is 0. The molecule has 0 radical (unpaired) electrons. The standard InChI is InChI=1S/C38H24N4OS/c1-3-10-23(11-4-1)35-40-36(24-12-5-2-6-13-24)42-37(41-35)29-20-21-39-38-34(29)27-19-18-25(22-30(27)43-38)26-15-9-17-32-33(26)28-14-7-8-16-31(28)44-32/h1-22,26,33H. The van der Waals surface area contributed by atoms with Crippen LogP contribution in [-0.4, -0.2) is 19.9 Å². The highest BCUT2D eigenvalue weighted by Crippen LogP contribution is 2.56. The number of allylic oxidation sites excluding steroid dienone is 4. The number of hydrogen-bond acceptors (Lipinski definition) is 6. The molecule has 0 fully saturated rings. The average molecular weight is 585 g/mol. The van der Waals surface area contributed by atoms with E-state index >= 15 is 0 Å². The van der Waals surface area contributed by atoms with E-state index in [1.807, 2.05) is 78.5 Å². The van der Waals surface area contributed by atoms with E-state index in [9.17, 15) is 0 Å². The summed E-state index contributed by atoms with van der Waals surface area (Å²) in [6.45, 7) is 0. The van der Waals surface area contributed by atoms with Crippen molar-refractivity contribution in [3.05, 3.63) is 150 Å². The van der Waals surface area contributed by atoms with Crippen LogP contribution in [0.1, 0.15) is 23.0 Å². The lowest BCUT2D eigenvalue weighted by Crippen LogP contribution is -2.10. The van der Waals surface area contributed by atoms with Crippen LogP contribution in [0.25, 0.3) is 56.2 Å². The van der Waals surface area contributed by atoms with Crippen LogP contribution >= 0.6 is 11.8 Å². The van der Waals surface area contributed by atoms with Gasteiger partial charge in [-0.25, -0.2) is 19.9 Å². The summed E-state index contributed by atoms with van der Waals surface area (Å²) in [6.07, 6.45) is 8.52. The van der Waals surface area contributed by atoms with Crippen molar-refractivity contribution in [2.45, 2.75) is 16.7 Å². The fourth-order valence-electron chi connectivity index (χ4n) is 6.40. The molecular weight excluding hydrogens is 561 g/mol. The molecule has 1 aliphatic heterocycles. The maximum absolute atomic E-state index is 6.43. The number of aromatic nitrogens is 4. The monoisotopic (exact) mass is 584 g/mol. The van der Waals surface area contributed by atoms with Crippen LogP contribution in [0.3, 0.4) is 0 Å². The zero-order valence-corrected chi connectivity index (χ0v) is 24.3. The molecule has 0 spiro atoms. The van der Waals surface area contributed by atoms with Crippen molar-refractivity contribution < 1.29 is 4.42 Å². The summed E-state index contributed by atoms with van der Waals surface area (Å²) >= 11 is 1.88. The highest BCUT2D eigenvalue weighted by Gasteiger charge is 2.35. The fraction of sp³-hybridized carbons (Fsp3) is 0.0526. The second-order valence-electron chi connectivity index (χ2n) is 11.0. The van der Waals surface area contributed by atoms with E-state index in [-0.39, 0.29) is 5.92 Å². The van der Waals surface area contributed by atoms with Crippen molar-refractivity contribution in [3.8, 4) is 34.2 Å². The van der Waals surface area contributed by atoms with Crippen LogP contribution in [0, 0.1) is 0 Å². The van der Waals surface area contributed by atoms with Gasteiger partial charge < -0.3 is 4.42 Å². The topological polar surface area (TPSA) is 64.7 Å². The van der Waals surface area contributed by atoms with Crippen LogP contribution in [0.2, 0.25) is 0 Å². The zero-order chi connectivity index (χ0) is 29.0. The molecule has 44 heavy (non-hydrogen) atoms. The molecule has 0 N–H and O–H groups in total. The summed E-state index contributed by atoms with van der Waals surface area (Å²) in [4.78, 5) is 22.2. The molecule has 6 heteroatoms. The van der Waals surface area contributed by atoms with Crippen LogP contribution in [0.15, 0.2) is 148 Å². The molecule has 2 aliphatic rings. The van der Waals surface area contributed by atoms with Gasteiger partial charge in [0, 0.05) is 45.0 Å². The Morgan fingerprint density at radius 3 is 2.16 bits per heavy atom. The minimum absolute atomic E-state index is 0.224. The van der Waals surface area contributed by atoms with Gasteiger partial charge in [0.2, 0.25) is 5.71 Å². The molecule has 7 aromatic rings. The molecule has 1 aliphatic carbocycles. The van der Waals surface area contributed by atoms with E-state index < -0.39 is 0 Å². The van der Waals surface area contributed by atoms with Gasteiger partial charge in [0.25, 0.3) is 0 Å². The highest BCUT2D eigenvalue weighted by atomic mass is 32.2. The molecule has 2 atom stereocenters. The minimum Gasteiger partial charge on any atom is -0.438 e. The molecule has 9 rings (SSSR count). The second kappa shape index (κ2) is 10.1. The molecule has 208 valence electrons. The largest absolute Gasteiger partial charge is 0.438 e. The average Bonchev–Trinajstić information content (AvgIpc) is 3.67. The normalized spacial score (nSPS) is 17.0. The van der Waals surface area contributed by atoms with E-state index in [1.54, 1.807) is 6.20 Å². The van der Waals surface area contributed by atoms with E-state index in [4.69, 9.17) is 19.4 Å². The summed E-state index contributed by atoms with van der Waals surface area (Å²) < 4.78 is 6.43. The number of furan rings is 1. The minimum atomic E-state index is 0.224. The van der Waals surface area contributed by atoms with Crippen LogP contribution < -0.4 is 0 Å². The number of nitrogens with zero attached hydrogens (tertiary/aromatic N) is 4. The third-order valence-corrected chi connectivity index (χ3v) is 9.67. The van der Waals surface area contributed by atoms with Crippen LogP contribution in [0.5, 0.6) is 0 Å². The Morgan fingerprint density at radius 2 is 1.39 bits per heavy atom. The Morgan fingerprint density at radius 1 is 0.682 bits per heavy atom. The Hall–Kier alpha value is -5.33. The second-order valence-corrected chi connectivity index (χ2v) is 12.1. The van der Waals surface area contributed by atoms with Crippen molar-refractivity contribution in [2.24, 2.45) is 0 Å². The third kappa shape index (κ3) is 4.10. The molecule has 0 saturated carbocycles. The molecular formula is C38H24N4OS. The molecule has 5 nitrogen and oxygen atoms in total. The summed E-state index contributed by atoms with van der Waals surface area (Å²) in [5, 5.41) is 1.89. The van der Waals surface area contributed by atoms with Crippen molar-refractivity contribution in [3.63, 3.8) is 0 Å². The van der Waals surface area contributed by atoms with Gasteiger partial charge in [-0.1, -0.05) is 121 Å². The maximum atomic E-state index is 6.43. The van der Waals surface area contributed by atoms with Gasteiger partial charge in [0.1, 0.15) is 5.58 Å². The zero-order valence-electron chi connectivity index (χ0n) is 23.5. The molecule has 0 saturated heterocycles. The first-order valence-corrected chi connectivity index (χ1v) is 15.5. The van der Waals surface area contributed by atoms with Gasteiger partial charge >= 0.3 is 0 Å². The number of hydrogen-bond donors (Lipinski definition) is 0. The number of fused-ring (bicyclic) bond motifs is 6. The highest BCUT2D eigenvalue weighted by molar-refractivity contribution is 8.03.